The lowest BCUT2D eigenvalue weighted by Crippen LogP contribution is -2.37. The molecule has 0 radical (unpaired) electrons. The zero-order chi connectivity index (χ0) is 27.1. The largest absolute Gasteiger partial charge is 0.396 e. The van der Waals surface area contributed by atoms with Gasteiger partial charge in [0.25, 0.3) is 0 Å². The summed E-state index contributed by atoms with van der Waals surface area (Å²) in [6.07, 6.45) is 37.3. The molecule has 0 rings (SSSR count). The third-order valence-electron chi connectivity index (χ3n) is 8.34. The number of hydrogen-bond donors (Lipinski definition) is 2. The van der Waals surface area contributed by atoms with Crippen molar-refractivity contribution in [2.24, 2.45) is 0 Å². The van der Waals surface area contributed by atoms with Crippen LogP contribution in [0.25, 0.3) is 0 Å². The lowest BCUT2D eigenvalue weighted by atomic mass is 10.0. The van der Waals surface area contributed by atoms with Crippen LogP contribution in [0.4, 0.5) is 0 Å². The van der Waals surface area contributed by atoms with E-state index in [1.54, 1.807) is 0 Å². The molecule has 0 saturated carbocycles. The summed E-state index contributed by atoms with van der Waals surface area (Å²) >= 11 is 0. The first-order valence-electron chi connectivity index (χ1n) is 17.3. The van der Waals surface area contributed by atoms with E-state index in [0.29, 0.717) is 6.04 Å². The van der Waals surface area contributed by atoms with Crippen LogP contribution in [0.5, 0.6) is 0 Å². The molecule has 0 aromatic rings. The smallest absolute Gasteiger partial charge is 0.0443 e. The molecular formula is C34H71NO2. The molecule has 0 fully saturated rings. The van der Waals surface area contributed by atoms with E-state index in [9.17, 15) is 10.2 Å². The van der Waals surface area contributed by atoms with Crippen LogP contribution in [0.2, 0.25) is 0 Å². The van der Waals surface area contributed by atoms with Crippen molar-refractivity contribution in [2.45, 2.75) is 193 Å². The van der Waals surface area contributed by atoms with Gasteiger partial charge in [-0.3, -0.25) is 0 Å². The summed E-state index contributed by atoms with van der Waals surface area (Å²) in [7, 11) is 0. The molecule has 1 unspecified atom stereocenters. The SMILES string of the molecule is CCCCCCCCCCCCCCCCCCCCCCCCCC(CC)N(CCCO)CCCO. The molecule has 0 spiro atoms. The minimum Gasteiger partial charge on any atom is -0.396 e. The molecule has 0 aromatic carbocycles. The van der Waals surface area contributed by atoms with Crippen molar-refractivity contribution in [3.05, 3.63) is 0 Å². The van der Waals surface area contributed by atoms with Gasteiger partial charge in [0.2, 0.25) is 0 Å². The minimum atomic E-state index is 0.269. The number of nitrogens with zero attached hydrogens (tertiary/aromatic N) is 1. The summed E-state index contributed by atoms with van der Waals surface area (Å²) in [6.45, 7) is 7.06. The van der Waals surface area contributed by atoms with Gasteiger partial charge in [-0.1, -0.05) is 162 Å². The van der Waals surface area contributed by atoms with Gasteiger partial charge in [0.05, 0.1) is 0 Å². The number of aliphatic hydroxyl groups is 2. The first-order valence-corrected chi connectivity index (χ1v) is 17.3. The fourth-order valence-corrected chi connectivity index (χ4v) is 5.83. The van der Waals surface area contributed by atoms with Gasteiger partial charge in [-0.15, -0.1) is 0 Å². The van der Waals surface area contributed by atoms with E-state index < -0.39 is 0 Å². The van der Waals surface area contributed by atoms with E-state index in [4.69, 9.17) is 0 Å². The Kier molecular flexibility index (Phi) is 32.0. The lowest BCUT2D eigenvalue weighted by Gasteiger charge is -2.31. The van der Waals surface area contributed by atoms with Gasteiger partial charge in [-0.2, -0.15) is 0 Å². The maximum Gasteiger partial charge on any atom is 0.0443 e. The molecule has 0 aromatic heterocycles. The second-order valence-electron chi connectivity index (χ2n) is 11.8. The molecule has 37 heavy (non-hydrogen) atoms. The summed E-state index contributed by atoms with van der Waals surface area (Å²) in [6, 6.07) is 0.619. The quantitative estimate of drug-likeness (QED) is 0.0858. The molecule has 0 saturated heterocycles. The average molecular weight is 526 g/mol. The highest BCUT2D eigenvalue weighted by atomic mass is 16.3. The lowest BCUT2D eigenvalue weighted by molar-refractivity contribution is 0.146. The van der Waals surface area contributed by atoms with Gasteiger partial charge < -0.3 is 15.1 Å². The molecule has 0 bridgehead atoms. The second kappa shape index (κ2) is 32.1. The van der Waals surface area contributed by atoms with Crippen LogP contribution in [-0.2, 0) is 0 Å². The van der Waals surface area contributed by atoms with Crippen molar-refractivity contribution >= 4 is 0 Å². The molecule has 2 N–H and O–H groups in total. The summed E-state index contributed by atoms with van der Waals surface area (Å²) in [5.41, 5.74) is 0. The number of hydrogen-bond acceptors (Lipinski definition) is 3. The Morgan fingerprint density at radius 1 is 0.405 bits per heavy atom. The number of aliphatic hydroxyl groups excluding tert-OH is 2. The van der Waals surface area contributed by atoms with E-state index in [1.165, 1.54) is 161 Å². The minimum absolute atomic E-state index is 0.269. The maximum atomic E-state index is 9.18. The highest BCUT2D eigenvalue weighted by molar-refractivity contribution is 4.71. The zero-order valence-corrected chi connectivity index (χ0v) is 25.8. The summed E-state index contributed by atoms with van der Waals surface area (Å²) in [5, 5.41) is 18.4. The number of rotatable bonds is 32. The van der Waals surface area contributed by atoms with Gasteiger partial charge in [-0.25, -0.2) is 0 Å². The monoisotopic (exact) mass is 526 g/mol. The van der Waals surface area contributed by atoms with E-state index in [-0.39, 0.29) is 13.2 Å². The van der Waals surface area contributed by atoms with Crippen LogP contribution in [0.15, 0.2) is 0 Å². The van der Waals surface area contributed by atoms with E-state index >= 15 is 0 Å². The molecular weight excluding hydrogens is 454 g/mol. The van der Waals surface area contributed by atoms with Gasteiger partial charge >= 0.3 is 0 Å². The molecule has 0 amide bonds. The predicted octanol–water partition coefficient (Wildman–Crippen LogP) is 10.2. The fraction of sp³-hybridized carbons (Fsp3) is 1.00. The Morgan fingerprint density at radius 2 is 0.703 bits per heavy atom. The standard InChI is InChI=1S/C34H71NO2/c1-3-5-6-7-8-9-10-11-12-13-14-15-16-17-18-19-20-21-22-23-24-25-26-29-34(4-2)35(30-27-32-36)31-28-33-37/h34,36-37H,3-33H2,1-2H3. The summed E-state index contributed by atoms with van der Waals surface area (Å²) in [5.74, 6) is 0. The Hall–Kier alpha value is -0.120. The molecule has 1 atom stereocenters. The van der Waals surface area contributed by atoms with E-state index in [1.807, 2.05) is 0 Å². The maximum absolute atomic E-state index is 9.18. The Bertz CT molecular complexity index is 395. The van der Waals surface area contributed by atoms with E-state index in [0.717, 1.165) is 25.9 Å². The van der Waals surface area contributed by atoms with Crippen molar-refractivity contribution in [2.75, 3.05) is 26.3 Å². The molecule has 0 aliphatic rings. The number of unbranched alkanes of at least 4 members (excludes halogenated alkanes) is 22. The Balaban J connectivity index is 3.36. The van der Waals surface area contributed by atoms with Crippen molar-refractivity contribution in [1.29, 1.82) is 0 Å². The third-order valence-corrected chi connectivity index (χ3v) is 8.34. The molecule has 3 nitrogen and oxygen atoms in total. The molecule has 0 aliphatic heterocycles. The van der Waals surface area contributed by atoms with Crippen LogP contribution >= 0.6 is 0 Å². The Labute approximate surface area is 234 Å². The van der Waals surface area contributed by atoms with Crippen molar-refractivity contribution in [1.82, 2.24) is 4.90 Å². The first-order chi connectivity index (χ1) is 18.3. The second-order valence-corrected chi connectivity index (χ2v) is 11.8. The van der Waals surface area contributed by atoms with Gasteiger partial charge in [-0.05, 0) is 25.7 Å². The highest BCUT2D eigenvalue weighted by Gasteiger charge is 2.15. The van der Waals surface area contributed by atoms with Gasteiger partial charge in [0.15, 0.2) is 0 Å². The first kappa shape index (κ1) is 36.9. The zero-order valence-electron chi connectivity index (χ0n) is 25.8. The van der Waals surface area contributed by atoms with Crippen LogP contribution in [-0.4, -0.2) is 47.5 Å². The average Bonchev–Trinajstić information content (AvgIpc) is 2.91. The predicted molar refractivity (Wildman–Crippen MR) is 166 cm³/mol. The van der Waals surface area contributed by atoms with Crippen molar-refractivity contribution < 1.29 is 10.2 Å². The summed E-state index contributed by atoms with van der Waals surface area (Å²) in [4.78, 5) is 2.50. The normalized spacial score (nSPS) is 12.6. The molecule has 224 valence electrons. The van der Waals surface area contributed by atoms with Crippen LogP contribution in [0, 0.1) is 0 Å². The topological polar surface area (TPSA) is 43.7 Å². The highest BCUT2D eigenvalue weighted by Crippen LogP contribution is 2.18. The van der Waals surface area contributed by atoms with Crippen molar-refractivity contribution in [3.8, 4) is 0 Å². The van der Waals surface area contributed by atoms with E-state index in [2.05, 4.69) is 18.7 Å². The van der Waals surface area contributed by atoms with Crippen LogP contribution < -0.4 is 0 Å². The Morgan fingerprint density at radius 3 is 0.973 bits per heavy atom. The van der Waals surface area contributed by atoms with Gasteiger partial charge in [0, 0.05) is 32.3 Å². The van der Waals surface area contributed by atoms with Crippen molar-refractivity contribution in [3.63, 3.8) is 0 Å². The van der Waals surface area contributed by atoms with Crippen LogP contribution in [0.3, 0.4) is 0 Å². The molecule has 3 heteroatoms. The molecule has 0 heterocycles. The summed E-state index contributed by atoms with van der Waals surface area (Å²) < 4.78 is 0. The third kappa shape index (κ3) is 27.2. The molecule has 0 aliphatic carbocycles. The fourth-order valence-electron chi connectivity index (χ4n) is 5.83. The van der Waals surface area contributed by atoms with Gasteiger partial charge in [0.1, 0.15) is 0 Å². The van der Waals surface area contributed by atoms with Crippen LogP contribution in [0.1, 0.15) is 187 Å².